The fourth-order valence-corrected chi connectivity index (χ4v) is 2.16. The minimum atomic E-state index is -4.38. The number of aliphatic hydroxyl groups is 1. The maximum atomic E-state index is 12.9. The molecule has 1 atom stereocenters. The third kappa shape index (κ3) is 4.06. The molecule has 0 aliphatic heterocycles. The molecule has 0 spiro atoms. The van der Waals surface area contributed by atoms with Gasteiger partial charge >= 0.3 is 6.18 Å². The van der Waals surface area contributed by atoms with Gasteiger partial charge in [-0.25, -0.2) is 0 Å². The number of aliphatic hydroxyl groups excluding tert-OH is 1. The lowest BCUT2D eigenvalue weighted by Gasteiger charge is -2.19. The molecule has 0 radical (unpaired) electrons. The van der Waals surface area contributed by atoms with Gasteiger partial charge in [0.05, 0.1) is 18.2 Å². The number of nitrogens with one attached hydrogen (secondary N) is 1. The van der Waals surface area contributed by atoms with Crippen molar-refractivity contribution in [2.75, 3.05) is 6.61 Å². The van der Waals surface area contributed by atoms with Crippen LogP contribution in [0.3, 0.4) is 0 Å². The predicted octanol–water partition coefficient (Wildman–Crippen LogP) is 3.53. The van der Waals surface area contributed by atoms with Crippen LogP contribution in [0.25, 0.3) is 0 Å². The lowest BCUT2D eigenvalue weighted by molar-refractivity contribution is -0.138. The van der Waals surface area contributed by atoms with E-state index in [-0.39, 0.29) is 18.7 Å². The summed E-state index contributed by atoms with van der Waals surface area (Å²) in [4.78, 5) is 0. The van der Waals surface area contributed by atoms with E-state index < -0.39 is 17.8 Å². The standard InChI is InChI=1S/C16H16F3NO/c17-16(18,19)14-9-5-4-8-13(14)10-20-15(11-21)12-6-2-1-3-7-12/h1-9,15,20-21H,10-11H2/t15-/m1/s1. The average molecular weight is 295 g/mol. The van der Waals surface area contributed by atoms with Crippen molar-refractivity contribution in [3.05, 3.63) is 71.3 Å². The largest absolute Gasteiger partial charge is 0.416 e. The number of hydrogen-bond acceptors (Lipinski definition) is 2. The quantitative estimate of drug-likeness (QED) is 0.884. The van der Waals surface area contributed by atoms with Crippen LogP contribution in [-0.4, -0.2) is 11.7 Å². The maximum Gasteiger partial charge on any atom is 0.416 e. The Morgan fingerprint density at radius 1 is 0.952 bits per heavy atom. The van der Waals surface area contributed by atoms with E-state index >= 15 is 0 Å². The SMILES string of the molecule is OC[C@@H](NCc1ccccc1C(F)(F)F)c1ccccc1. The molecule has 0 amide bonds. The normalized spacial score (nSPS) is 13.1. The van der Waals surface area contributed by atoms with E-state index in [1.807, 2.05) is 30.3 Å². The van der Waals surface area contributed by atoms with Crippen molar-refractivity contribution in [2.24, 2.45) is 0 Å². The number of benzene rings is 2. The van der Waals surface area contributed by atoms with Crippen molar-refractivity contribution in [1.29, 1.82) is 0 Å². The molecule has 5 heteroatoms. The second-order valence-corrected chi connectivity index (χ2v) is 4.68. The Morgan fingerprint density at radius 3 is 2.19 bits per heavy atom. The summed E-state index contributed by atoms with van der Waals surface area (Å²) in [5.74, 6) is 0. The maximum absolute atomic E-state index is 12.9. The summed E-state index contributed by atoms with van der Waals surface area (Å²) in [5, 5.41) is 12.4. The first-order chi connectivity index (χ1) is 10.0. The first-order valence-corrected chi connectivity index (χ1v) is 6.56. The van der Waals surface area contributed by atoms with Gasteiger partial charge in [-0.1, -0.05) is 48.5 Å². The van der Waals surface area contributed by atoms with Crippen LogP contribution < -0.4 is 5.32 Å². The summed E-state index contributed by atoms with van der Waals surface area (Å²) in [6.07, 6.45) is -4.38. The van der Waals surface area contributed by atoms with E-state index in [1.54, 1.807) is 6.07 Å². The Hall–Kier alpha value is -1.85. The second kappa shape index (κ2) is 6.74. The summed E-state index contributed by atoms with van der Waals surface area (Å²) >= 11 is 0. The van der Waals surface area contributed by atoms with Crippen LogP contribution in [0.2, 0.25) is 0 Å². The Bertz CT molecular complexity index is 569. The minimum Gasteiger partial charge on any atom is -0.394 e. The summed E-state index contributed by atoms with van der Waals surface area (Å²) < 4.78 is 38.7. The van der Waals surface area contributed by atoms with Crippen molar-refractivity contribution in [3.63, 3.8) is 0 Å². The molecule has 0 bridgehead atoms. The first-order valence-electron chi connectivity index (χ1n) is 6.56. The third-order valence-electron chi connectivity index (χ3n) is 3.25. The zero-order valence-electron chi connectivity index (χ0n) is 11.3. The molecule has 2 N–H and O–H groups in total. The molecule has 2 nitrogen and oxygen atoms in total. The molecule has 0 fully saturated rings. The molecule has 0 aromatic heterocycles. The van der Waals surface area contributed by atoms with Crippen LogP contribution >= 0.6 is 0 Å². The van der Waals surface area contributed by atoms with Crippen LogP contribution in [0.5, 0.6) is 0 Å². The van der Waals surface area contributed by atoms with Gasteiger partial charge in [0.25, 0.3) is 0 Å². The van der Waals surface area contributed by atoms with Gasteiger partial charge in [-0.15, -0.1) is 0 Å². The van der Waals surface area contributed by atoms with Crippen LogP contribution in [0.1, 0.15) is 22.7 Å². The van der Waals surface area contributed by atoms with Gasteiger partial charge < -0.3 is 10.4 Å². The monoisotopic (exact) mass is 295 g/mol. The van der Waals surface area contributed by atoms with E-state index in [0.29, 0.717) is 0 Å². The highest BCUT2D eigenvalue weighted by Crippen LogP contribution is 2.32. The van der Waals surface area contributed by atoms with Gasteiger partial charge in [0.1, 0.15) is 0 Å². The first kappa shape index (κ1) is 15.5. The minimum absolute atomic E-state index is 0.0375. The molecule has 21 heavy (non-hydrogen) atoms. The van der Waals surface area contributed by atoms with Crippen LogP contribution in [0.15, 0.2) is 54.6 Å². The fourth-order valence-electron chi connectivity index (χ4n) is 2.16. The number of halogens is 3. The second-order valence-electron chi connectivity index (χ2n) is 4.68. The Labute approximate surface area is 121 Å². The van der Waals surface area contributed by atoms with Crippen molar-refractivity contribution in [1.82, 2.24) is 5.32 Å². The number of rotatable bonds is 5. The van der Waals surface area contributed by atoms with Crippen LogP contribution in [0.4, 0.5) is 13.2 Å². The summed E-state index contributed by atoms with van der Waals surface area (Å²) in [7, 11) is 0. The van der Waals surface area contributed by atoms with Gasteiger partial charge in [0, 0.05) is 6.54 Å². The molecule has 0 saturated carbocycles. The van der Waals surface area contributed by atoms with E-state index in [4.69, 9.17) is 0 Å². The number of alkyl halides is 3. The molecule has 0 unspecified atom stereocenters. The zero-order valence-corrected chi connectivity index (χ0v) is 11.3. The molecule has 0 aliphatic rings. The highest BCUT2D eigenvalue weighted by atomic mass is 19.4. The summed E-state index contributed by atoms with van der Waals surface area (Å²) in [6, 6.07) is 14.2. The molecule has 0 heterocycles. The predicted molar refractivity (Wildman–Crippen MR) is 74.6 cm³/mol. The average Bonchev–Trinajstić information content (AvgIpc) is 2.48. The number of hydrogen-bond donors (Lipinski definition) is 2. The van der Waals surface area contributed by atoms with Crippen molar-refractivity contribution in [3.8, 4) is 0 Å². The van der Waals surface area contributed by atoms with Crippen LogP contribution in [0, 0.1) is 0 Å². The van der Waals surface area contributed by atoms with Gasteiger partial charge in [-0.2, -0.15) is 13.2 Å². The smallest absolute Gasteiger partial charge is 0.394 e. The van der Waals surface area contributed by atoms with Crippen molar-refractivity contribution < 1.29 is 18.3 Å². The molecule has 2 aromatic carbocycles. The topological polar surface area (TPSA) is 32.3 Å². The lowest BCUT2D eigenvalue weighted by atomic mass is 10.0. The van der Waals surface area contributed by atoms with Gasteiger partial charge in [0.2, 0.25) is 0 Å². The molecule has 2 rings (SSSR count). The Morgan fingerprint density at radius 2 is 1.57 bits per heavy atom. The zero-order chi connectivity index (χ0) is 15.3. The van der Waals surface area contributed by atoms with E-state index in [1.165, 1.54) is 12.1 Å². The molecule has 112 valence electrons. The highest BCUT2D eigenvalue weighted by molar-refractivity contribution is 5.30. The lowest BCUT2D eigenvalue weighted by Crippen LogP contribution is -2.25. The molecule has 0 aliphatic carbocycles. The molecular formula is C16H16F3NO. The Kier molecular flexibility index (Phi) is 4.98. The molecular weight excluding hydrogens is 279 g/mol. The summed E-state index contributed by atoms with van der Waals surface area (Å²) in [6.45, 7) is -0.145. The third-order valence-corrected chi connectivity index (χ3v) is 3.25. The van der Waals surface area contributed by atoms with Gasteiger partial charge in [0.15, 0.2) is 0 Å². The fraction of sp³-hybridized carbons (Fsp3) is 0.250. The molecule has 2 aromatic rings. The van der Waals surface area contributed by atoms with E-state index in [9.17, 15) is 18.3 Å². The Balaban J connectivity index is 2.13. The van der Waals surface area contributed by atoms with Gasteiger partial charge in [-0.3, -0.25) is 0 Å². The highest BCUT2D eigenvalue weighted by Gasteiger charge is 2.32. The van der Waals surface area contributed by atoms with Crippen LogP contribution in [-0.2, 0) is 12.7 Å². The van der Waals surface area contributed by atoms with E-state index in [0.717, 1.165) is 11.6 Å². The van der Waals surface area contributed by atoms with Gasteiger partial charge in [-0.05, 0) is 17.2 Å². The summed E-state index contributed by atoms with van der Waals surface area (Å²) in [5.41, 5.74) is 0.353. The van der Waals surface area contributed by atoms with Crippen molar-refractivity contribution in [2.45, 2.75) is 18.8 Å². The van der Waals surface area contributed by atoms with E-state index in [2.05, 4.69) is 5.32 Å². The van der Waals surface area contributed by atoms with Crippen molar-refractivity contribution >= 4 is 0 Å². The molecule has 0 saturated heterocycles.